The van der Waals surface area contributed by atoms with Crippen molar-refractivity contribution < 1.29 is 9.53 Å². The molecule has 1 amide bonds. The summed E-state index contributed by atoms with van der Waals surface area (Å²) < 4.78 is 5.14. The van der Waals surface area contributed by atoms with Crippen LogP contribution in [0.1, 0.15) is 29.7 Å². The number of rotatable bonds is 4. The molecular formula is C17H25N3O2S. The molecule has 0 spiro atoms. The van der Waals surface area contributed by atoms with E-state index < -0.39 is 0 Å². The molecule has 23 heavy (non-hydrogen) atoms. The molecule has 3 aliphatic rings. The van der Waals surface area contributed by atoms with Crippen LogP contribution in [0.25, 0.3) is 0 Å². The molecule has 126 valence electrons. The first-order chi connectivity index (χ1) is 11.3. The van der Waals surface area contributed by atoms with Crippen molar-refractivity contribution >= 4 is 17.4 Å². The number of carbonyl (C=O) groups is 1. The van der Waals surface area contributed by atoms with E-state index in [0.717, 1.165) is 32.7 Å². The molecule has 6 heteroatoms. The summed E-state index contributed by atoms with van der Waals surface area (Å²) >= 11 is 1.88. The maximum Gasteiger partial charge on any atom is 0.410 e. The minimum Gasteiger partial charge on any atom is -0.447 e. The van der Waals surface area contributed by atoms with E-state index in [9.17, 15) is 4.79 Å². The second-order valence-electron chi connectivity index (χ2n) is 6.92. The molecule has 4 heterocycles. The highest BCUT2D eigenvalue weighted by atomic mass is 32.1. The van der Waals surface area contributed by atoms with Gasteiger partial charge in [0, 0.05) is 37.6 Å². The van der Waals surface area contributed by atoms with Crippen LogP contribution < -0.4 is 0 Å². The van der Waals surface area contributed by atoms with Gasteiger partial charge < -0.3 is 4.74 Å². The number of ether oxygens (including phenoxy) is 1. The molecule has 4 rings (SSSR count). The van der Waals surface area contributed by atoms with Crippen molar-refractivity contribution in [1.29, 1.82) is 0 Å². The zero-order chi connectivity index (χ0) is 15.6. The van der Waals surface area contributed by atoms with Gasteiger partial charge in [-0.05, 0) is 42.9 Å². The Morgan fingerprint density at radius 3 is 2.83 bits per heavy atom. The quantitative estimate of drug-likeness (QED) is 0.846. The van der Waals surface area contributed by atoms with Crippen LogP contribution in [0.4, 0.5) is 4.79 Å². The molecule has 1 atom stereocenters. The Morgan fingerprint density at radius 1 is 1.09 bits per heavy atom. The van der Waals surface area contributed by atoms with Crippen molar-refractivity contribution in [3.05, 3.63) is 21.9 Å². The SMILES string of the molecule is O=C1OCC2CN(Cc3cc(CN4CCCCC4)cs3)CCN12. The number of nitrogens with zero attached hydrogens (tertiary/aromatic N) is 3. The predicted molar refractivity (Wildman–Crippen MR) is 90.6 cm³/mol. The van der Waals surface area contributed by atoms with Gasteiger partial charge in [0.1, 0.15) is 6.61 Å². The Kier molecular flexibility index (Phi) is 4.55. The third kappa shape index (κ3) is 3.54. The molecule has 3 fully saturated rings. The Labute approximate surface area is 141 Å². The third-order valence-corrected chi connectivity index (χ3v) is 6.11. The largest absolute Gasteiger partial charge is 0.447 e. The molecule has 5 nitrogen and oxygen atoms in total. The molecule has 0 bridgehead atoms. The highest BCUT2D eigenvalue weighted by Gasteiger charge is 2.37. The fourth-order valence-electron chi connectivity index (χ4n) is 3.88. The average molecular weight is 335 g/mol. The summed E-state index contributed by atoms with van der Waals surface area (Å²) in [4.78, 5) is 19.9. The Morgan fingerprint density at radius 2 is 1.96 bits per heavy atom. The molecule has 3 aliphatic heterocycles. The second kappa shape index (κ2) is 6.79. The second-order valence-corrected chi connectivity index (χ2v) is 7.91. The van der Waals surface area contributed by atoms with E-state index in [1.54, 1.807) is 0 Å². The summed E-state index contributed by atoms with van der Waals surface area (Å²) in [5.74, 6) is 0. The summed E-state index contributed by atoms with van der Waals surface area (Å²) in [6.45, 7) is 7.86. The average Bonchev–Trinajstić information content (AvgIpc) is 3.15. The number of likely N-dealkylation sites (tertiary alicyclic amines) is 1. The normalized spacial score (nSPS) is 26.3. The molecule has 1 aromatic rings. The number of hydrogen-bond acceptors (Lipinski definition) is 5. The molecule has 0 saturated carbocycles. The first-order valence-electron chi connectivity index (χ1n) is 8.72. The predicted octanol–water partition coefficient (Wildman–Crippen LogP) is 2.37. The Bertz CT molecular complexity index is 556. The first-order valence-corrected chi connectivity index (χ1v) is 9.60. The van der Waals surface area contributed by atoms with Gasteiger partial charge in [-0.3, -0.25) is 14.7 Å². The number of carbonyl (C=O) groups excluding carboxylic acids is 1. The number of piperidine rings is 1. The smallest absolute Gasteiger partial charge is 0.410 e. The van der Waals surface area contributed by atoms with E-state index in [0.29, 0.717) is 6.61 Å². The topological polar surface area (TPSA) is 36.0 Å². The van der Waals surface area contributed by atoms with Gasteiger partial charge in [-0.2, -0.15) is 0 Å². The van der Waals surface area contributed by atoms with Crippen molar-refractivity contribution in [3.8, 4) is 0 Å². The van der Waals surface area contributed by atoms with Crippen LogP contribution in [-0.2, 0) is 17.8 Å². The summed E-state index contributed by atoms with van der Waals surface area (Å²) in [6, 6.07) is 2.63. The van der Waals surface area contributed by atoms with E-state index in [4.69, 9.17) is 4.74 Å². The van der Waals surface area contributed by atoms with E-state index in [2.05, 4.69) is 21.2 Å². The number of amides is 1. The molecule has 3 saturated heterocycles. The monoisotopic (exact) mass is 335 g/mol. The van der Waals surface area contributed by atoms with E-state index >= 15 is 0 Å². The zero-order valence-corrected chi connectivity index (χ0v) is 14.4. The Balaban J connectivity index is 1.30. The van der Waals surface area contributed by atoms with Crippen molar-refractivity contribution in [1.82, 2.24) is 14.7 Å². The lowest BCUT2D eigenvalue weighted by Gasteiger charge is -2.35. The molecule has 0 aromatic carbocycles. The van der Waals surface area contributed by atoms with Crippen LogP contribution in [0.15, 0.2) is 11.4 Å². The van der Waals surface area contributed by atoms with Gasteiger partial charge in [-0.15, -0.1) is 11.3 Å². The highest BCUT2D eigenvalue weighted by molar-refractivity contribution is 7.10. The number of cyclic esters (lactones) is 1. The highest BCUT2D eigenvalue weighted by Crippen LogP contribution is 2.23. The van der Waals surface area contributed by atoms with Crippen LogP contribution in [-0.4, -0.2) is 66.2 Å². The fourth-order valence-corrected chi connectivity index (χ4v) is 4.81. The van der Waals surface area contributed by atoms with Gasteiger partial charge in [0.2, 0.25) is 0 Å². The minimum absolute atomic E-state index is 0.130. The van der Waals surface area contributed by atoms with Gasteiger partial charge in [0.05, 0.1) is 6.04 Å². The molecule has 0 aliphatic carbocycles. The van der Waals surface area contributed by atoms with Crippen LogP contribution >= 0.6 is 11.3 Å². The van der Waals surface area contributed by atoms with Gasteiger partial charge >= 0.3 is 6.09 Å². The summed E-state index contributed by atoms with van der Waals surface area (Å²) in [5, 5.41) is 2.32. The molecule has 0 radical (unpaired) electrons. The van der Waals surface area contributed by atoms with Crippen LogP contribution in [0.2, 0.25) is 0 Å². The lowest BCUT2D eigenvalue weighted by Crippen LogP contribution is -2.51. The summed E-state index contributed by atoms with van der Waals surface area (Å²) in [6.07, 6.45) is 3.96. The number of hydrogen-bond donors (Lipinski definition) is 0. The molecule has 1 aromatic heterocycles. The summed E-state index contributed by atoms with van der Waals surface area (Å²) in [5.41, 5.74) is 1.46. The lowest BCUT2D eigenvalue weighted by molar-refractivity contribution is 0.116. The van der Waals surface area contributed by atoms with Crippen molar-refractivity contribution in [2.45, 2.75) is 38.4 Å². The minimum atomic E-state index is -0.130. The van der Waals surface area contributed by atoms with Gasteiger partial charge in [0.15, 0.2) is 0 Å². The van der Waals surface area contributed by atoms with E-state index in [1.807, 2.05) is 16.2 Å². The Hall–Kier alpha value is -1.11. The third-order valence-electron chi connectivity index (χ3n) is 5.14. The summed E-state index contributed by atoms with van der Waals surface area (Å²) in [7, 11) is 0. The standard InChI is InChI=1S/C17H25N3O2S/c21-17-20-7-6-19(10-15(20)12-22-17)11-16-8-14(13-23-16)9-18-4-2-1-3-5-18/h8,13,15H,1-7,9-12H2. The van der Waals surface area contributed by atoms with Crippen molar-refractivity contribution in [3.63, 3.8) is 0 Å². The maximum absolute atomic E-state index is 11.5. The molecule has 1 unspecified atom stereocenters. The molecular weight excluding hydrogens is 310 g/mol. The first kappa shape index (κ1) is 15.4. The van der Waals surface area contributed by atoms with Gasteiger partial charge in [0.25, 0.3) is 0 Å². The van der Waals surface area contributed by atoms with E-state index in [-0.39, 0.29) is 12.1 Å². The fraction of sp³-hybridized carbons (Fsp3) is 0.706. The number of thiophene rings is 1. The number of fused-ring (bicyclic) bond motifs is 1. The van der Waals surface area contributed by atoms with Crippen molar-refractivity contribution in [2.24, 2.45) is 0 Å². The van der Waals surface area contributed by atoms with Crippen LogP contribution in [0.3, 0.4) is 0 Å². The van der Waals surface area contributed by atoms with E-state index in [1.165, 1.54) is 42.8 Å². The van der Waals surface area contributed by atoms with Crippen molar-refractivity contribution in [2.75, 3.05) is 39.3 Å². The van der Waals surface area contributed by atoms with Crippen LogP contribution in [0, 0.1) is 0 Å². The molecule has 0 N–H and O–H groups in total. The zero-order valence-electron chi connectivity index (χ0n) is 13.6. The lowest BCUT2D eigenvalue weighted by atomic mass is 10.1. The number of piperazine rings is 1. The van der Waals surface area contributed by atoms with Gasteiger partial charge in [-0.25, -0.2) is 4.79 Å². The van der Waals surface area contributed by atoms with Gasteiger partial charge in [-0.1, -0.05) is 6.42 Å². The van der Waals surface area contributed by atoms with Crippen LogP contribution in [0.5, 0.6) is 0 Å². The maximum atomic E-state index is 11.5.